The number of likely N-dealkylation sites (N-methyl/N-ethyl adjacent to an activating group) is 1. The zero-order chi connectivity index (χ0) is 51.0. The van der Waals surface area contributed by atoms with Gasteiger partial charge in [-0.05, 0) is 83.7 Å². The normalized spacial score (nSPS) is 33.1. The number of carbonyl (C=O) groups excluding carboxylic acids is 5. The largest absolute Gasteiger partial charge is 0.458 e. The number of ketones is 2. The number of carbonyl (C=O) groups is 5. The van der Waals surface area contributed by atoms with Crippen LogP contribution in [0.1, 0.15) is 85.3 Å². The number of hydrogen-bond acceptors (Lipinski definition) is 15. The van der Waals surface area contributed by atoms with Crippen LogP contribution < -0.4 is 16.0 Å². The van der Waals surface area contributed by atoms with Gasteiger partial charge in [-0.25, -0.2) is 17.6 Å². The van der Waals surface area contributed by atoms with Gasteiger partial charge in [-0.15, -0.1) is 0 Å². The molecule has 2 aromatic rings. The molecule has 384 valence electrons. The van der Waals surface area contributed by atoms with Gasteiger partial charge in [-0.1, -0.05) is 63.2 Å². The third-order valence-electron chi connectivity index (χ3n) is 14.3. The fourth-order valence-corrected chi connectivity index (χ4v) is 10.8. The number of methoxy groups -OCH3 is 1. The lowest BCUT2D eigenvalue weighted by Gasteiger charge is -2.47. The summed E-state index contributed by atoms with van der Waals surface area (Å²) in [5, 5.41) is 20.9. The topological polar surface area (TPSA) is 225 Å². The second-order valence-corrected chi connectivity index (χ2v) is 21.6. The molecule has 19 heteroatoms. The number of aliphatic hydroxyl groups is 1. The van der Waals surface area contributed by atoms with Crippen molar-refractivity contribution in [2.24, 2.45) is 23.7 Å². The van der Waals surface area contributed by atoms with Crippen molar-refractivity contribution in [2.75, 3.05) is 40.2 Å². The molecule has 2 amide bonds. The predicted molar refractivity (Wildman–Crippen MR) is 253 cm³/mol. The van der Waals surface area contributed by atoms with Crippen molar-refractivity contribution >= 4 is 39.4 Å². The molecule has 17 nitrogen and oxygen atoms in total. The summed E-state index contributed by atoms with van der Waals surface area (Å²) < 4.78 is 68.9. The number of amides is 2. The highest BCUT2D eigenvalue weighted by atomic mass is 32.2. The van der Waals surface area contributed by atoms with Gasteiger partial charge in [-0.2, -0.15) is 0 Å². The molecule has 4 unspecified atom stereocenters. The lowest BCUT2D eigenvalue weighted by Crippen LogP contribution is -2.61. The number of alkyl carbamates (subject to hydrolysis) is 1. The Hall–Kier alpha value is -4.37. The van der Waals surface area contributed by atoms with Crippen LogP contribution in [0.25, 0.3) is 0 Å². The van der Waals surface area contributed by atoms with E-state index in [1.54, 1.807) is 65.6 Å². The van der Waals surface area contributed by atoms with Gasteiger partial charge in [0, 0.05) is 57.3 Å². The zero-order valence-electron chi connectivity index (χ0n) is 41.6. The molecule has 0 radical (unpaired) electrons. The number of nitrogens with one attached hydrogen (secondary N) is 3. The molecule has 69 heavy (non-hydrogen) atoms. The number of Topliss-reactive ketones (excluding diaryl/α,β-unsaturated/α-hetero) is 2. The van der Waals surface area contributed by atoms with Gasteiger partial charge in [0.2, 0.25) is 5.91 Å². The van der Waals surface area contributed by atoms with Gasteiger partial charge in [-0.3, -0.25) is 19.2 Å². The summed E-state index contributed by atoms with van der Waals surface area (Å²) in [6.45, 7) is 11.5. The minimum Gasteiger partial charge on any atom is -0.458 e. The number of cyclic esters (lactones) is 1. The number of fused-ring (bicyclic) bond motifs is 1. The number of esters is 1. The van der Waals surface area contributed by atoms with Crippen molar-refractivity contribution in [1.82, 2.24) is 20.9 Å². The lowest BCUT2D eigenvalue weighted by molar-refractivity contribution is -0.296. The molecule has 3 saturated heterocycles. The highest BCUT2D eigenvalue weighted by molar-refractivity contribution is 7.90. The van der Waals surface area contributed by atoms with Crippen molar-refractivity contribution in [3.05, 3.63) is 65.7 Å². The summed E-state index contributed by atoms with van der Waals surface area (Å²) in [5.74, 6) is -6.16. The average molecular weight is 989 g/mol. The molecule has 3 aliphatic heterocycles. The van der Waals surface area contributed by atoms with E-state index in [4.69, 9.17) is 23.7 Å². The van der Waals surface area contributed by atoms with E-state index in [2.05, 4.69) is 16.0 Å². The van der Waals surface area contributed by atoms with Crippen molar-refractivity contribution in [1.29, 1.82) is 0 Å². The maximum atomic E-state index is 15.0. The maximum absolute atomic E-state index is 15.0. The lowest BCUT2D eigenvalue weighted by atomic mass is 9.73. The Morgan fingerprint density at radius 1 is 1.01 bits per heavy atom. The SMILES string of the molecule is CC[C@H]1OC(=O)[C@H](C)C(=O)[C@H](C)[C@@H](O[C@@H]2O[C@H](C)C[C@H](N(C)CCC(=O)NC(CF)Cc3ccc(S(C)(=O)=O)cc3)[C@H]2O)C(C)(OC)C[C@@H](C)C(=O)[C@H](CNCc2ccccc2)C2NC(=O)OC21C. The van der Waals surface area contributed by atoms with E-state index in [0.717, 1.165) is 11.8 Å². The van der Waals surface area contributed by atoms with E-state index in [-0.39, 0.29) is 49.5 Å². The van der Waals surface area contributed by atoms with Crippen molar-refractivity contribution in [2.45, 2.75) is 152 Å². The van der Waals surface area contributed by atoms with E-state index in [0.29, 0.717) is 18.5 Å². The number of aliphatic hydroxyl groups excluding tert-OH is 1. The Balaban J connectivity index is 1.37. The van der Waals surface area contributed by atoms with Crippen molar-refractivity contribution in [3.8, 4) is 0 Å². The standard InChI is InChI=1S/C50H73FN4O13S/c1-11-39-50(7)44(54-48(61)68-50)37(28-52-27-34-15-13-12-14-16-34)41(57)29(2)25-49(6,64-9)45(31(4)42(58)32(5)46(60)66-39)67-47-43(59)38(23-30(3)65-47)55(8)22-21-40(56)53-35(26-51)24-33-17-19-36(20-18-33)69(10,62)63/h12-20,29-32,35,37-39,43-45,47,52,59H,11,21-28H2,1-10H3,(H,53,56)(H,54,61)/t29-,30-,31+,32-,35?,37+,38+,39-,43-,44?,45-,47+,49?,50?/m1/s1. The summed E-state index contributed by atoms with van der Waals surface area (Å²) in [4.78, 5) is 71.6. The summed E-state index contributed by atoms with van der Waals surface area (Å²) in [7, 11) is -0.238. The summed E-state index contributed by atoms with van der Waals surface area (Å²) in [5.41, 5.74) is -1.28. The summed E-state index contributed by atoms with van der Waals surface area (Å²) in [6.07, 6.45) is -4.42. The Labute approximate surface area is 406 Å². The fourth-order valence-electron chi connectivity index (χ4n) is 10.1. The van der Waals surface area contributed by atoms with Crippen LogP contribution in [0.3, 0.4) is 0 Å². The zero-order valence-corrected chi connectivity index (χ0v) is 42.4. The van der Waals surface area contributed by atoms with Crippen molar-refractivity contribution in [3.63, 3.8) is 0 Å². The Morgan fingerprint density at radius 3 is 2.29 bits per heavy atom. The second-order valence-electron chi connectivity index (χ2n) is 19.6. The minimum atomic E-state index is -3.41. The van der Waals surface area contributed by atoms with Crippen LogP contribution in [0.2, 0.25) is 0 Å². The summed E-state index contributed by atoms with van der Waals surface area (Å²) in [6, 6.07) is 13.3. The molecule has 3 heterocycles. The van der Waals surface area contributed by atoms with Crippen LogP contribution in [0, 0.1) is 23.7 Å². The number of sulfone groups is 1. The number of hydrogen-bond donors (Lipinski definition) is 4. The molecule has 0 bridgehead atoms. The molecule has 2 aromatic carbocycles. The van der Waals surface area contributed by atoms with Gasteiger partial charge >= 0.3 is 12.1 Å². The van der Waals surface area contributed by atoms with Gasteiger partial charge < -0.3 is 49.6 Å². The first kappa shape index (κ1) is 55.6. The number of rotatable bonds is 17. The predicted octanol–water partition coefficient (Wildman–Crippen LogP) is 4.11. The molecule has 0 aromatic heterocycles. The molecule has 4 N–H and O–H groups in total. The third-order valence-corrected chi connectivity index (χ3v) is 15.4. The first-order chi connectivity index (χ1) is 32.5. The Kier molecular flexibility index (Phi) is 19.1. The smallest absolute Gasteiger partial charge is 0.408 e. The van der Waals surface area contributed by atoms with Crippen LogP contribution in [0.4, 0.5) is 9.18 Å². The molecule has 0 aliphatic carbocycles. The van der Waals surface area contributed by atoms with E-state index in [1.807, 2.05) is 30.3 Å². The molecule has 0 spiro atoms. The number of alkyl halides is 1. The van der Waals surface area contributed by atoms with Crippen LogP contribution in [-0.4, -0.2) is 148 Å². The van der Waals surface area contributed by atoms with Crippen LogP contribution >= 0.6 is 0 Å². The highest BCUT2D eigenvalue weighted by Gasteiger charge is 2.58. The first-order valence-corrected chi connectivity index (χ1v) is 25.8. The molecular formula is C50H73FN4O13S. The number of ether oxygens (including phenoxy) is 5. The van der Waals surface area contributed by atoms with Crippen molar-refractivity contribution < 1.29 is 65.6 Å². The fraction of sp³-hybridized carbons (Fsp3) is 0.660. The molecule has 5 rings (SSSR count). The quantitative estimate of drug-likeness (QED) is 0.129. The monoisotopic (exact) mass is 988 g/mol. The van der Waals surface area contributed by atoms with E-state index in [9.17, 15) is 41.9 Å². The van der Waals surface area contributed by atoms with Gasteiger partial charge in [0.25, 0.3) is 0 Å². The minimum absolute atomic E-state index is 0.0106. The third kappa shape index (κ3) is 13.5. The summed E-state index contributed by atoms with van der Waals surface area (Å²) >= 11 is 0. The van der Waals surface area contributed by atoms with Crippen LogP contribution in [0.5, 0.6) is 0 Å². The Morgan fingerprint density at radius 2 is 1.68 bits per heavy atom. The molecule has 0 saturated carbocycles. The number of nitrogens with zero attached hydrogens (tertiary/aromatic N) is 1. The average Bonchev–Trinajstić information content (AvgIpc) is 3.63. The van der Waals surface area contributed by atoms with E-state index < -0.39 is 124 Å². The number of benzene rings is 2. The van der Waals surface area contributed by atoms with E-state index in [1.165, 1.54) is 26.2 Å². The molecule has 14 atom stereocenters. The maximum Gasteiger partial charge on any atom is 0.408 e. The van der Waals surface area contributed by atoms with Crippen LogP contribution in [0.15, 0.2) is 59.5 Å². The van der Waals surface area contributed by atoms with E-state index >= 15 is 0 Å². The second kappa shape index (κ2) is 23.7. The van der Waals surface area contributed by atoms with Gasteiger partial charge in [0.05, 0.1) is 40.7 Å². The number of halogens is 1. The molecule has 3 fully saturated rings. The Bertz CT molecular complexity index is 2200. The first-order valence-electron chi connectivity index (χ1n) is 23.9. The molecular weight excluding hydrogens is 916 g/mol. The highest BCUT2D eigenvalue weighted by Crippen LogP contribution is 2.40. The van der Waals surface area contributed by atoms with Gasteiger partial charge in [0.1, 0.15) is 30.6 Å². The van der Waals surface area contributed by atoms with Crippen LogP contribution in [-0.2, 0) is 65.7 Å². The van der Waals surface area contributed by atoms with Gasteiger partial charge in [0.15, 0.2) is 27.5 Å². The molecule has 3 aliphatic rings.